The minimum Gasteiger partial charge on any atom is -0.349 e. The Morgan fingerprint density at radius 3 is 2.61 bits per heavy atom. The Labute approximate surface area is 115 Å². The molecule has 0 aromatic carbocycles. The minimum absolute atomic E-state index is 0.275. The summed E-state index contributed by atoms with van der Waals surface area (Å²) in [7, 11) is 0. The van der Waals surface area contributed by atoms with Gasteiger partial charge in [-0.05, 0) is 24.6 Å². The van der Waals surface area contributed by atoms with Gasteiger partial charge in [0.15, 0.2) is 0 Å². The van der Waals surface area contributed by atoms with Gasteiger partial charge in [0.1, 0.15) is 10.6 Å². The van der Waals surface area contributed by atoms with Crippen molar-refractivity contribution in [2.24, 2.45) is 0 Å². The fraction of sp³-hybridized carbons (Fsp3) is 0.231. The van der Waals surface area contributed by atoms with Crippen molar-refractivity contribution in [2.75, 3.05) is 18.0 Å². The van der Waals surface area contributed by atoms with Crippen molar-refractivity contribution in [3.05, 3.63) is 41.5 Å². The molecule has 0 atom stereocenters. The lowest BCUT2D eigenvalue weighted by atomic mass is 10.3. The van der Waals surface area contributed by atoms with Gasteiger partial charge in [0, 0.05) is 18.0 Å². The molecule has 0 amide bonds. The molecule has 5 heteroatoms. The summed E-state index contributed by atoms with van der Waals surface area (Å²) in [6.45, 7) is 11.0. The maximum Gasteiger partial charge on any atom is 0.225 e. The van der Waals surface area contributed by atoms with Crippen LogP contribution in [0.3, 0.4) is 0 Å². The molecule has 0 aliphatic carbocycles. The molecule has 2 aromatic rings. The van der Waals surface area contributed by atoms with E-state index in [1.54, 1.807) is 11.3 Å². The fourth-order valence-corrected chi connectivity index (χ4v) is 2.89. The second-order valence-corrected chi connectivity index (χ2v) is 5.45. The predicted molar refractivity (Wildman–Crippen MR) is 79.8 cm³/mol. The van der Waals surface area contributed by atoms with Gasteiger partial charge >= 0.3 is 0 Å². The molecule has 0 spiro atoms. The molecule has 0 unspecified atom stereocenters. The Morgan fingerprint density at radius 1 is 1.33 bits per heavy atom. The fourth-order valence-electron chi connectivity index (χ4n) is 1.80. The molecule has 2 aromatic heterocycles. The standard InChI is InChI=1S/C13H14ClN3S/c1-4-6-17(7-5-2)11-10-8-9(3)18-12(10)16-13(14)15-11/h4-5,8H,1-2,6-7H2,3H3. The lowest BCUT2D eigenvalue weighted by Crippen LogP contribution is -2.24. The quantitative estimate of drug-likeness (QED) is 0.615. The van der Waals surface area contributed by atoms with Crippen LogP contribution in [0.25, 0.3) is 10.2 Å². The second-order valence-electron chi connectivity index (χ2n) is 3.87. The summed E-state index contributed by atoms with van der Waals surface area (Å²) in [5, 5.41) is 1.31. The first kappa shape index (κ1) is 13.1. The zero-order chi connectivity index (χ0) is 13.1. The van der Waals surface area contributed by atoms with Crippen LogP contribution in [0.5, 0.6) is 0 Å². The topological polar surface area (TPSA) is 29.0 Å². The maximum absolute atomic E-state index is 5.98. The Hall–Kier alpha value is -1.39. The first-order chi connectivity index (χ1) is 8.65. The van der Waals surface area contributed by atoms with Gasteiger partial charge in [-0.15, -0.1) is 24.5 Å². The van der Waals surface area contributed by atoms with Crippen LogP contribution < -0.4 is 4.90 Å². The van der Waals surface area contributed by atoms with E-state index in [1.807, 2.05) is 12.2 Å². The van der Waals surface area contributed by atoms with Gasteiger partial charge in [-0.3, -0.25) is 0 Å². The highest BCUT2D eigenvalue weighted by atomic mass is 35.5. The van der Waals surface area contributed by atoms with Crippen LogP contribution in [0.4, 0.5) is 5.82 Å². The summed E-state index contributed by atoms with van der Waals surface area (Å²) in [5.41, 5.74) is 0. The highest BCUT2D eigenvalue weighted by Crippen LogP contribution is 2.31. The number of thiophene rings is 1. The largest absolute Gasteiger partial charge is 0.349 e. The Morgan fingerprint density at radius 2 is 2.00 bits per heavy atom. The summed E-state index contributed by atoms with van der Waals surface area (Å²) in [6.07, 6.45) is 3.68. The first-order valence-electron chi connectivity index (χ1n) is 5.56. The number of fused-ring (bicyclic) bond motifs is 1. The predicted octanol–water partition coefficient (Wildman–Crippen LogP) is 3.83. The van der Waals surface area contributed by atoms with Crippen LogP contribution in [0, 0.1) is 6.92 Å². The molecule has 0 N–H and O–H groups in total. The lowest BCUT2D eigenvalue weighted by Gasteiger charge is -2.21. The number of hydrogen-bond donors (Lipinski definition) is 0. The Balaban J connectivity index is 2.58. The van der Waals surface area contributed by atoms with Crippen molar-refractivity contribution < 1.29 is 0 Å². The van der Waals surface area contributed by atoms with E-state index < -0.39 is 0 Å². The average molecular weight is 280 g/mol. The molecule has 2 heterocycles. The summed E-state index contributed by atoms with van der Waals surface area (Å²) >= 11 is 7.60. The molecule has 0 aliphatic heterocycles. The molecule has 0 fully saturated rings. The van der Waals surface area contributed by atoms with Gasteiger partial charge in [0.05, 0.1) is 5.39 Å². The zero-order valence-electron chi connectivity index (χ0n) is 10.2. The van der Waals surface area contributed by atoms with Gasteiger partial charge in [-0.25, -0.2) is 4.98 Å². The van der Waals surface area contributed by atoms with Gasteiger partial charge in [0.2, 0.25) is 5.28 Å². The number of anilines is 1. The average Bonchev–Trinajstić information content (AvgIpc) is 2.68. The minimum atomic E-state index is 0.275. The van der Waals surface area contributed by atoms with Crippen molar-refractivity contribution in [3.8, 4) is 0 Å². The van der Waals surface area contributed by atoms with Crippen LogP contribution in [0.15, 0.2) is 31.4 Å². The smallest absolute Gasteiger partial charge is 0.225 e. The van der Waals surface area contributed by atoms with Crippen molar-refractivity contribution >= 4 is 39.0 Å². The molecule has 3 nitrogen and oxygen atoms in total. The monoisotopic (exact) mass is 279 g/mol. The maximum atomic E-state index is 5.98. The number of rotatable bonds is 5. The molecule has 0 bridgehead atoms. The van der Waals surface area contributed by atoms with E-state index in [0.717, 1.165) is 16.0 Å². The molecule has 18 heavy (non-hydrogen) atoms. The molecule has 2 rings (SSSR count). The molecular formula is C13H14ClN3S. The summed E-state index contributed by atoms with van der Waals surface area (Å²) in [5.74, 6) is 0.842. The van der Waals surface area contributed by atoms with Crippen molar-refractivity contribution in [1.82, 2.24) is 9.97 Å². The molecule has 0 aliphatic rings. The van der Waals surface area contributed by atoms with Crippen LogP contribution in [-0.4, -0.2) is 23.1 Å². The SMILES string of the molecule is C=CCN(CC=C)c1nc(Cl)nc2sc(C)cc12. The van der Waals surface area contributed by atoms with E-state index in [2.05, 4.69) is 41.0 Å². The second kappa shape index (κ2) is 5.50. The number of hydrogen-bond acceptors (Lipinski definition) is 4. The summed E-state index contributed by atoms with van der Waals surface area (Å²) in [4.78, 5) is 12.8. The van der Waals surface area contributed by atoms with Gasteiger partial charge in [-0.1, -0.05) is 12.2 Å². The van der Waals surface area contributed by atoms with Crippen molar-refractivity contribution in [2.45, 2.75) is 6.92 Å². The number of aryl methyl sites for hydroxylation is 1. The van der Waals surface area contributed by atoms with Gasteiger partial charge in [0.25, 0.3) is 0 Å². The van der Waals surface area contributed by atoms with E-state index in [1.165, 1.54) is 4.88 Å². The normalized spacial score (nSPS) is 10.6. The highest BCUT2D eigenvalue weighted by molar-refractivity contribution is 7.18. The Kier molecular flexibility index (Phi) is 3.99. The van der Waals surface area contributed by atoms with E-state index >= 15 is 0 Å². The first-order valence-corrected chi connectivity index (χ1v) is 6.75. The number of halogens is 1. The van der Waals surface area contributed by atoms with Crippen LogP contribution >= 0.6 is 22.9 Å². The molecular weight excluding hydrogens is 266 g/mol. The zero-order valence-corrected chi connectivity index (χ0v) is 11.8. The summed E-state index contributed by atoms with van der Waals surface area (Å²) in [6, 6.07) is 2.09. The van der Waals surface area contributed by atoms with Crippen LogP contribution in [0.2, 0.25) is 5.28 Å². The van der Waals surface area contributed by atoms with E-state index in [4.69, 9.17) is 11.6 Å². The lowest BCUT2D eigenvalue weighted by molar-refractivity contribution is 0.929. The molecule has 0 saturated heterocycles. The van der Waals surface area contributed by atoms with Gasteiger partial charge < -0.3 is 4.90 Å². The third kappa shape index (κ3) is 2.54. The van der Waals surface area contributed by atoms with Crippen LogP contribution in [-0.2, 0) is 0 Å². The molecule has 0 saturated carbocycles. The van der Waals surface area contributed by atoms with Crippen molar-refractivity contribution in [1.29, 1.82) is 0 Å². The van der Waals surface area contributed by atoms with E-state index in [-0.39, 0.29) is 5.28 Å². The molecule has 0 radical (unpaired) electrons. The summed E-state index contributed by atoms with van der Waals surface area (Å²) < 4.78 is 0. The van der Waals surface area contributed by atoms with E-state index in [9.17, 15) is 0 Å². The number of nitrogens with zero attached hydrogens (tertiary/aromatic N) is 3. The number of aromatic nitrogens is 2. The highest BCUT2D eigenvalue weighted by Gasteiger charge is 2.14. The third-order valence-electron chi connectivity index (χ3n) is 2.47. The van der Waals surface area contributed by atoms with Gasteiger partial charge in [-0.2, -0.15) is 4.98 Å². The third-order valence-corrected chi connectivity index (χ3v) is 3.58. The van der Waals surface area contributed by atoms with E-state index in [0.29, 0.717) is 13.1 Å². The van der Waals surface area contributed by atoms with Crippen molar-refractivity contribution in [3.63, 3.8) is 0 Å². The Bertz CT molecular complexity index is 581. The van der Waals surface area contributed by atoms with Crippen LogP contribution in [0.1, 0.15) is 4.88 Å². The molecule has 94 valence electrons.